The van der Waals surface area contributed by atoms with Crippen molar-refractivity contribution in [3.63, 3.8) is 0 Å². The monoisotopic (exact) mass is 283 g/mol. The molecule has 0 atom stereocenters. The summed E-state index contributed by atoms with van der Waals surface area (Å²) in [5.41, 5.74) is 10.3. The summed E-state index contributed by atoms with van der Waals surface area (Å²) in [4.78, 5) is 14.1. The van der Waals surface area contributed by atoms with Crippen LogP contribution in [-0.4, -0.2) is 19.5 Å². The first-order valence-electron chi connectivity index (χ1n) is 6.90. The third-order valence-corrected chi connectivity index (χ3v) is 3.48. The largest absolute Gasteiger partial charge is 0.397 e. The fourth-order valence-electron chi connectivity index (χ4n) is 2.33. The van der Waals surface area contributed by atoms with Gasteiger partial charge in [0.25, 0.3) is 0 Å². The van der Waals surface area contributed by atoms with Crippen LogP contribution in [-0.2, 0) is 4.79 Å². The summed E-state index contributed by atoms with van der Waals surface area (Å²) < 4.78 is 0. The number of rotatable bonds is 4. The molecule has 0 aliphatic heterocycles. The number of amides is 1. The molecule has 3 N–H and O–H groups in total. The summed E-state index contributed by atoms with van der Waals surface area (Å²) in [6.45, 7) is 4.23. The Bertz CT molecular complexity index is 632. The van der Waals surface area contributed by atoms with Crippen LogP contribution in [0.5, 0.6) is 0 Å². The van der Waals surface area contributed by atoms with Crippen LogP contribution in [0, 0.1) is 13.8 Å². The van der Waals surface area contributed by atoms with Crippen molar-refractivity contribution < 1.29 is 4.79 Å². The Morgan fingerprint density at radius 2 is 1.76 bits per heavy atom. The number of nitrogens with one attached hydrogen (secondary N) is 1. The molecule has 4 heteroatoms. The maximum Gasteiger partial charge on any atom is 0.243 e. The van der Waals surface area contributed by atoms with Crippen molar-refractivity contribution in [1.82, 2.24) is 0 Å². The molecular weight excluding hydrogens is 262 g/mol. The van der Waals surface area contributed by atoms with Crippen molar-refractivity contribution in [2.75, 3.05) is 29.5 Å². The van der Waals surface area contributed by atoms with Gasteiger partial charge < -0.3 is 16.0 Å². The first-order valence-corrected chi connectivity index (χ1v) is 6.90. The van der Waals surface area contributed by atoms with Crippen LogP contribution < -0.4 is 16.0 Å². The fraction of sp³-hybridized carbons (Fsp3) is 0.235. The predicted molar refractivity (Wildman–Crippen MR) is 88.7 cm³/mol. The molecule has 0 fully saturated rings. The molecule has 0 saturated carbocycles. The molecule has 0 aliphatic carbocycles. The van der Waals surface area contributed by atoms with Gasteiger partial charge in [-0.15, -0.1) is 0 Å². The Morgan fingerprint density at radius 3 is 2.43 bits per heavy atom. The van der Waals surface area contributed by atoms with Crippen molar-refractivity contribution in [2.45, 2.75) is 13.8 Å². The van der Waals surface area contributed by atoms with Gasteiger partial charge in [-0.25, -0.2) is 0 Å². The number of hydrogen-bond donors (Lipinski definition) is 2. The van der Waals surface area contributed by atoms with Crippen LogP contribution in [0.3, 0.4) is 0 Å². The van der Waals surface area contributed by atoms with Crippen LogP contribution >= 0.6 is 0 Å². The Balaban J connectivity index is 2.07. The molecule has 0 spiro atoms. The highest BCUT2D eigenvalue weighted by Crippen LogP contribution is 2.23. The average Bonchev–Trinajstić information content (AvgIpc) is 2.43. The second-order valence-electron chi connectivity index (χ2n) is 5.23. The summed E-state index contributed by atoms with van der Waals surface area (Å²) in [6, 6.07) is 13.6. The lowest BCUT2D eigenvalue weighted by atomic mass is 10.1. The van der Waals surface area contributed by atoms with E-state index in [-0.39, 0.29) is 12.5 Å². The third kappa shape index (κ3) is 3.54. The maximum atomic E-state index is 12.2. The average molecular weight is 283 g/mol. The number of carbonyl (C=O) groups excluding carboxylic acids is 1. The van der Waals surface area contributed by atoms with Gasteiger partial charge >= 0.3 is 0 Å². The van der Waals surface area contributed by atoms with E-state index in [1.807, 2.05) is 62.2 Å². The van der Waals surface area contributed by atoms with E-state index in [4.69, 9.17) is 5.73 Å². The number of nitrogen functional groups attached to an aromatic ring is 1. The summed E-state index contributed by atoms with van der Waals surface area (Å²) >= 11 is 0. The van der Waals surface area contributed by atoms with Gasteiger partial charge in [-0.2, -0.15) is 0 Å². The lowest BCUT2D eigenvalue weighted by Crippen LogP contribution is -2.30. The number of benzene rings is 2. The maximum absolute atomic E-state index is 12.2. The van der Waals surface area contributed by atoms with E-state index in [0.29, 0.717) is 11.4 Å². The van der Waals surface area contributed by atoms with Gasteiger partial charge in [-0.1, -0.05) is 30.3 Å². The summed E-state index contributed by atoms with van der Waals surface area (Å²) in [5, 5.41) is 2.89. The fourth-order valence-corrected chi connectivity index (χ4v) is 2.33. The molecule has 4 nitrogen and oxygen atoms in total. The first-order chi connectivity index (χ1) is 9.99. The van der Waals surface area contributed by atoms with Gasteiger partial charge in [0.2, 0.25) is 5.91 Å². The van der Waals surface area contributed by atoms with E-state index >= 15 is 0 Å². The molecule has 1 amide bonds. The number of para-hydroxylation sites is 2. The number of anilines is 3. The van der Waals surface area contributed by atoms with E-state index in [2.05, 4.69) is 5.32 Å². The van der Waals surface area contributed by atoms with E-state index in [9.17, 15) is 4.79 Å². The van der Waals surface area contributed by atoms with Gasteiger partial charge in [0.15, 0.2) is 0 Å². The molecule has 0 heterocycles. The summed E-state index contributed by atoms with van der Waals surface area (Å²) in [5.74, 6) is -0.0817. The molecule has 0 unspecified atom stereocenters. The van der Waals surface area contributed by atoms with Crippen LogP contribution in [0.15, 0.2) is 42.5 Å². The van der Waals surface area contributed by atoms with Crippen molar-refractivity contribution in [3.8, 4) is 0 Å². The molecule has 2 rings (SSSR count). The molecule has 2 aromatic carbocycles. The molecule has 0 radical (unpaired) electrons. The third-order valence-electron chi connectivity index (χ3n) is 3.48. The normalized spacial score (nSPS) is 10.2. The van der Waals surface area contributed by atoms with Crippen molar-refractivity contribution in [1.29, 1.82) is 0 Å². The minimum Gasteiger partial charge on any atom is -0.397 e. The van der Waals surface area contributed by atoms with E-state index < -0.39 is 0 Å². The second-order valence-corrected chi connectivity index (χ2v) is 5.23. The molecule has 21 heavy (non-hydrogen) atoms. The van der Waals surface area contributed by atoms with E-state index in [0.717, 1.165) is 16.8 Å². The van der Waals surface area contributed by atoms with E-state index in [1.54, 1.807) is 6.07 Å². The number of carbonyl (C=O) groups is 1. The van der Waals surface area contributed by atoms with Gasteiger partial charge in [0.05, 0.1) is 17.9 Å². The lowest BCUT2D eigenvalue weighted by Gasteiger charge is -2.21. The minimum absolute atomic E-state index is 0.0817. The quantitative estimate of drug-likeness (QED) is 0.848. The summed E-state index contributed by atoms with van der Waals surface area (Å²) in [7, 11) is 1.91. The first kappa shape index (κ1) is 14.9. The Hall–Kier alpha value is -2.49. The second kappa shape index (κ2) is 6.31. The Morgan fingerprint density at radius 1 is 1.10 bits per heavy atom. The Labute approximate surface area is 125 Å². The smallest absolute Gasteiger partial charge is 0.243 e. The van der Waals surface area contributed by atoms with Crippen molar-refractivity contribution in [2.24, 2.45) is 0 Å². The zero-order valence-electron chi connectivity index (χ0n) is 12.7. The minimum atomic E-state index is -0.0817. The highest BCUT2D eigenvalue weighted by molar-refractivity contribution is 5.97. The molecule has 110 valence electrons. The number of likely N-dealkylation sites (N-methyl/N-ethyl adjacent to an activating group) is 1. The lowest BCUT2D eigenvalue weighted by molar-refractivity contribution is -0.114. The molecule has 0 saturated heterocycles. The van der Waals surface area contributed by atoms with Gasteiger partial charge in [-0.05, 0) is 37.1 Å². The SMILES string of the molecule is Cc1ccccc1N(C)CC(=O)Nc1c(C)cccc1N. The highest BCUT2D eigenvalue weighted by atomic mass is 16.2. The van der Waals surface area contributed by atoms with Crippen LogP contribution in [0.4, 0.5) is 17.1 Å². The molecule has 0 aromatic heterocycles. The number of nitrogens with two attached hydrogens (primary N) is 1. The van der Waals surface area contributed by atoms with Crippen LogP contribution in [0.2, 0.25) is 0 Å². The van der Waals surface area contributed by atoms with Gasteiger partial charge in [-0.3, -0.25) is 4.79 Å². The number of nitrogens with zero attached hydrogens (tertiary/aromatic N) is 1. The zero-order valence-corrected chi connectivity index (χ0v) is 12.7. The van der Waals surface area contributed by atoms with Gasteiger partial charge in [0, 0.05) is 12.7 Å². The number of hydrogen-bond acceptors (Lipinski definition) is 3. The standard InChI is InChI=1S/C17H21N3O/c1-12-7-4-5-10-15(12)20(3)11-16(21)19-17-13(2)8-6-9-14(17)18/h4-10H,11,18H2,1-3H3,(H,19,21). The molecule has 0 bridgehead atoms. The topological polar surface area (TPSA) is 58.4 Å². The van der Waals surface area contributed by atoms with E-state index in [1.165, 1.54) is 0 Å². The Kier molecular flexibility index (Phi) is 4.48. The van der Waals surface area contributed by atoms with Crippen LogP contribution in [0.1, 0.15) is 11.1 Å². The molecular formula is C17H21N3O. The molecule has 0 aliphatic rings. The highest BCUT2D eigenvalue weighted by Gasteiger charge is 2.11. The van der Waals surface area contributed by atoms with Crippen molar-refractivity contribution in [3.05, 3.63) is 53.6 Å². The zero-order chi connectivity index (χ0) is 15.4. The van der Waals surface area contributed by atoms with Gasteiger partial charge in [0.1, 0.15) is 0 Å². The summed E-state index contributed by atoms with van der Waals surface area (Å²) in [6.07, 6.45) is 0. The molecule has 2 aromatic rings. The van der Waals surface area contributed by atoms with Crippen molar-refractivity contribution >= 4 is 23.0 Å². The predicted octanol–water partition coefficient (Wildman–Crippen LogP) is 2.96. The van der Waals surface area contributed by atoms with Crippen LogP contribution in [0.25, 0.3) is 0 Å². The number of aryl methyl sites for hydroxylation is 2.